The Morgan fingerprint density at radius 1 is 1.47 bits per heavy atom. The molecule has 0 saturated heterocycles. The SMILES string of the molecule is O=[N+]([O-])c1cccc(CNC2CCC2)c1. The number of benzene rings is 1. The van der Waals surface area contributed by atoms with Gasteiger partial charge < -0.3 is 5.32 Å². The minimum atomic E-state index is -0.354. The van der Waals surface area contributed by atoms with Gasteiger partial charge in [0.1, 0.15) is 0 Å². The molecule has 0 bridgehead atoms. The lowest BCUT2D eigenvalue weighted by Gasteiger charge is -2.26. The molecule has 0 heterocycles. The third kappa shape index (κ3) is 2.53. The van der Waals surface area contributed by atoms with Gasteiger partial charge in [0.2, 0.25) is 0 Å². The van der Waals surface area contributed by atoms with E-state index in [9.17, 15) is 10.1 Å². The van der Waals surface area contributed by atoms with Crippen molar-refractivity contribution in [2.75, 3.05) is 0 Å². The van der Waals surface area contributed by atoms with Crippen LogP contribution in [0.5, 0.6) is 0 Å². The van der Waals surface area contributed by atoms with Crippen LogP contribution in [0.4, 0.5) is 5.69 Å². The summed E-state index contributed by atoms with van der Waals surface area (Å²) in [4.78, 5) is 10.2. The summed E-state index contributed by atoms with van der Waals surface area (Å²) < 4.78 is 0. The first kappa shape index (κ1) is 10.1. The summed E-state index contributed by atoms with van der Waals surface area (Å²) in [5, 5.41) is 13.9. The average molecular weight is 206 g/mol. The Hall–Kier alpha value is -1.42. The first-order valence-electron chi connectivity index (χ1n) is 5.22. The lowest BCUT2D eigenvalue weighted by atomic mass is 9.93. The van der Waals surface area contributed by atoms with Crippen molar-refractivity contribution in [1.29, 1.82) is 0 Å². The van der Waals surface area contributed by atoms with Crippen molar-refractivity contribution in [2.45, 2.75) is 31.8 Å². The maximum atomic E-state index is 10.5. The molecular formula is C11H14N2O2. The van der Waals surface area contributed by atoms with Crippen LogP contribution in [0, 0.1) is 10.1 Å². The molecule has 1 aromatic carbocycles. The minimum absolute atomic E-state index is 0.169. The summed E-state index contributed by atoms with van der Waals surface area (Å²) in [6, 6.07) is 7.41. The quantitative estimate of drug-likeness (QED) is 0.607. The van der Waals surface area contributed by atoms with Crippen molar-refractivity contribution in [2.24, 2.45) is 0 Å². The molecule has 1 saturated carbocycles. The number of hydrogen-bond acceptors (Lipinski definition) is 3. The second kappa shape index (κ2) is 4.40. The molecule has 0 radical (unpaired) electrons. The van der Waals surface area contributed by atoms with E-state index in [0.29, 0.717) is 6.04 Å². The molecule has 1 fully saturated rings. The molecule has 1 aromatic rings. The molecule has 0 aromatic heterocycles. The van der Waals surface area contributed by atoms with Crippen molar-refractivity contribution >= 4 is 5.69 Å². The minimum Gasteiger partial charge on any atom is -0.310 e. The van der Waals surface area contributed by atoms with Crippen molar-refractivity contribution in [3.8, 4) is 0 Å². The smallest absolute Gasteiger partial charge is 0.269 e. The summed E-state index contributed by atoms with van der Waals surface area (Å²) in [6.07, 6.45) is 3.76. The summed E-state index contributed by atoms with van der Waals surface area (Å²) >= 11 is 0. The van der Waals surface area contributed by atoms with Crippen LogP contribution in [0.2, 0.25) is 0 Å². The second-order valence-corrected chi connectivity index (χ2v) is 3.94. The van der Waals surface area contributed by atoms with E-state index in [1.54, 1.807) is 12.1 Å². The second-order valence-electron chi connectivity index (χ2n) is 3.94. The fourth-order valence-corrected chi connectivity index (χ4v) is 1.65. The highest BCUT2D eigenvalue weighted by atomic mass is 16.6. The largest absolute Gasteiger partial charge is 0.310 e. The van der Waals surface area contributed by atoms with Crippen LogP contribution in [0.15, 0.2) is 24.3 Å². The van der Waals surface area contributed by atoms with E-state index in [2.05, 4.69) is 5.32 Å². The zero-order valence-electron chi connectivity index (χ0n) is 8.48. The standard InChI is InChI=1S/C11H14N2O2/c14-13(15)11-6-1-3-9(7-11)8-12-10-4-2-5-10/h1,3,6-7,10,12H,2,4-5,8H2. The predicted molar refractivity (Wildman–Crippen MR) is 57.6 cm³/mol. The lowest BCUT2D eigenvalue weighted by Crippen LogP contribution is -2.34. The van der Waals surface area contributed by atoms with Gasteiger partial charge in [-0.3, -0.25) is 10.1 Å². The molecule has 1 aliphatic rings. The number of nitro groups is 1. The highest BCUT2D eigenvalue weighted by Crippen LogP contribution is 2.19. The van der Waals surface area contributed by atoms with Crippen LogP contribution in [-0.2, 0) is 6.54 Å². The van der Waals surface area contributed by atoms with Crippen molar-refractivity contribution < 1.29 is 4.92 Å². The van der Waals surface area contributed by atoms with Crippen molar-refractivity contribution in [1.82, 2.24) is 5.32 Å². The van der Waals surface area contributed by atoms with Gasteiger partial charge in [-0.15, -0.1) is 0 Å². The van der Waals surface area contributed by atoms with E-state index in [1.165, 1.54) is 25.3 Å². The number of hydrogen-bond donors (Lipinski definition) is 1. The van der Waals surface area contributed by atoms with Gasteiger partial charge in [-0.1, -0.05) is 18.6 Å². The monoisotopic (exact) mass is 206 g/mol. The van der Waals surface area contributed by atoms with Gasteiger partial charge in [-0.25, -0.2) is 0 Å². The van der Waals surface area contributed by atoms with Crippen LogP contribution in [0.25, 0.3) is 0 Å². The number of non-ortho nitro benzene ring substituents is 1. The number of nitrogens with one attached hydrogen (secondary N) is 1. The van der Waals surface area contributed by atoms with Crippen molar-refractivity contribution in [3.05, 3.63) is 39.9 Å². The molecule has 1 aliphatic carbocycles. The maximum Gasteiger partial charge on any atom is 0.269 e. The number of nitrogens with zero attached hydrogens (tertiary/aromatic N) is 1. The molecule has 0 amide bonds. The topological polar surface area (TPSA) is 55.2 Å². The van der Waals surface area contributed by atoms with E-state index in [4.69, 9.17) is 0 Å². The molecule has 80 valence electrons. The highest BCUT2D eigenvalue weighted by molar-refractivity contribution is 5.34. The van der Waals surface area contributed by atoms with Crippen LogP contribution in [0.3, 0.4) is 0 Å². The summed E-state index contributed by atoms with van der Waals surface area (Å²) in [5.41, 5.74) is 1.15. The molecule has 0 aliphatic heterocycles. The third-order valence-corrected chi connectivity index (χ3v) is 2.82. The van der Waals surface area contributed by atoms with E-state index < -0.39 is 0 Å². The Morgan fingerprint density at radius 2 is 2.27 bits per heavy atom. The zero-order valence-corrected chi connectivity index (χ0v) is 8.48. The number of rotatable bonds is 4. The Labute approximate surface area is 88.5 Å². The molecule has 4 nitrogen and oxygen atoms in total. The van der Waals surface area contributed by atoms with E-state index in [0.717, 1.165) is 12.1 Å². The predicted octanol–water partition coefficient (Wildman–Crippen LogP) is 2.24. The Kier molecular flexibility index (Phi) is 2.97. The fraction of sp³-hybridized carbons (Fsp3) is 0.455. The Morgan fingerprint density at radius 3 is 2.87 bits per heavy atom. The maximum absolute atomic E-state index is 10.5. The average Bonchev–Trinajstić information content (AvgIpc) is 2.16. The Bertz CT molecular complexity index is 361. The Balaban J connectivity index is 1.94. The van der Waals surface area contributed by atoms with E-state index in [1.807, 2.05) is 6.07 Å². The van der Waals surface area contributed by atoms with E-state index in [-0.39, 0.29) is 10.6 Å². The van der Waals surface area contributed by atoms with Gasteiger partial charge in [0.15, 0.2) is 0 Å². The molecule has 15 heavy (non-hydrogen) atoms. The molecule has 0 spiro atoms. The molecule has 0 atom stereocenters. The van der Waals surface area contributed by atoms with Crippen LogP contribution in [-0.4, -0.2) is 11.0 Å². The summed E-state index contributed by atoms with van der Waals surface area (Å²) in [7, 11) is 0. The lowest BCUT2D eigenvalue weighted by molar-refractivity contribution is -0.384. The van der Waals surface area contributed by atoms with Gasteiger partial charge in [-0.2, -0.15) is 0 Å². The summed E-state index contributed by atoms with van der Waals surface area (Å²) in [5.74, 6) is 0. The fourth-order valence-electron chi connectivity index (χ4n) is 1.65. The van der Waals surface area contributed by atoms with Gasteiger partial charge in [0.25, 0.3) is 5.69 Å². The van der Waals surface area contributed by atoms with Gasteiger partial charge in [0.05, 0.1) is 4.92 Å². The first-order valence-corrected chi connectivity index (χ1v) is 5.22. The van der Waals surface area contributed by atoms with Gasteiger partial charge in [-0.05, 0) is 18.4 Å². The summed E-state index contributed by atoms with van der Waals surface area (Å²) in [6.45, 7) is 0.729. The molecule has 0 unspecified atom stereocenters. The van der Waals surface area contributed by atoms with Crippen molar-refractivity contribution in [3.63, 3.8) is 0 Å². The van der Waals surface area contributed by atoms with Crippen LogP contribution < -0.4 is 5.32 Å². The van der Waals surface area contributed by atoms with Crippen LogP contribution >= 0.6 is 0 Å². The molecule has 1 N–H and O–H groups in total. The van der Waals surface area contributed by atoms with Gasteiger partial charge in [0, 0.05) is 24.7 Å². The number of nitro benzene ring substituents is 1. The van der Waals surface area contributed by atoms with Gasteiger partial charge >= 0.3 is 0 Å². The highest BCUT2D eigenvalue weighted by Gasteiger charge is 2.16. The molecule has 4 heteroatoms. The van der Waals surface area contributed by atoms with E-state index >= 15 is 0 Å². The molecule has 2 rings (SSSR count). The third-order valence-electron chi connectivity index (χ3n) is 2.82. The molecular weight excluding hydrogens is 192 g/mol. The van der Waals surface area contributed by atoms with Crippen LogP contribution in [0.1, 0.15) is 24.8 Å². The first-order chi connectivity index (χ1) is 7.25. The zero-order chi connectivity index (χ0) is 10.7. The normalized spacial score (nSPS) is 16.0.